The maximum atomic E-state index is 2.45. The third-order valence-electron chi connectivity index (χ3n) is 13.0. The zero-order valence-corrected chi connectivity index (χ0v) is 33.4. The van der Waals surface area contributed by atoms with Crippen LogP contribution < -0.4 is 4.90 Å². The van der Waals surface area contributed by atoms with Crippen LogP contribution >= 0.6 is 11.3 Å². The zero-order chi connectivity index (χ0) is 39.4. The van der Waals surface area contributed by atoms with Crippen LogP contribution in [0.3, 0.4) is 0 Å². The molecule has 3 heteroatoms. The van der Waals surface area contributed by atoms with Gasteiger partial charge in [0.05, 0.1) is 16.4 Å². The highest BCUT2D eigenvalue weighted by Crippen LogP contribution is 2.66. The van der Waals surface area contributed by atoms with Crippen LogP contribution in [0.4, 0.5) is 17.1 Å². The van der Waals surface area contributed by atoms with E-state index in [1.165, 1.54) is 92.5 Å². The van der Waals surface area contributed by atoms with Crippen LogP contribution in [-0.4, -0.2) is 4.57 Å². The fourth-order valence-electron chi connectivity index (χ4n) is 10.5. The lowest BCUT2D eigenvalue weighted by molar-refractivity contribution is 0.812. The lowest BCUT2D eigenvalue weighted by Gasteiger charge is -2.30. The van der Waals surface area contributed by atoms with Gasteiger partial charge in [0.15, 0.2) is 0 Å². The van der Waals surface area contributed by atoms with Gasteiger partial charge in [-0.25, -0.2) is 0 Å². The zero-order valence-electron chi connectivity index (χ0n) is 32.6. The van der Waals surface area contributed by atoms with Crippen molar-refractivity contribution < 1.29 is 0 Å². The molecule has 0 amide bonds. The summed E-state index contributed by atoms with van der Waals surface area (Å²) in [4.78, 5) is 3.80. The maximum Gasteiger partial charge on any atom is 0.0819 e. The lowest BCUT2D eigenvalue weighted by atomic mass is 9.73. The van der Waals surface area contributed by atoms with Gasteiger partial charge in [0.1, 0.15) is 0 Å². The molecule has 0 radical (unpaired) electrons. The van der Waals surface area contributed by atoms with Crippen LogP contribution in [0.2, 0.25) is 0 Å². The van der Waals surface area contributed by atoms with Gasteiger partial charge in [-0.2, -0.15) is 0 Å². The molecule has 1 unspecified atom stereocenters. The largest absolute Gasteiger partial charge is 0.310 e. The SMILES string of the molecule is c1ccc(N(c2ccccc2)c2ccc3c(c2)-c2c(sc4ccccc24)C32c3ccccc3-c3cc(-c4ccc(-n5c6ccccc6c6ccccc65)cc4)ccc32)cc1. The van der Waals surface area contributed by atoms with Crippen molar-refractivity contribution in [1.82, 2.24) is 4.57 Å². The van der Waals surface area contributed by atoms with E-state index in [1.807, 2.05) is 11.3 Å². The molecule has 1 spiro atoms. The minimum atomic E-state index is -0.429. The number of anilines is 3. The molecule has 0 saturated heterocycles. The molecule has 0 N–H and O–H groups in total. The van der Waals surface area contributed by atoms with E-state index in [0.29, 0.717) is 0 Å². The number of hydrogen-bond acceptors (Lipinski definition) is 2. The normalized spacial score (nSPS) is 14.7. The molecular formula is C57H36N2S. The monoisotopic (exact) mass is 780 g/mol. The number of benzene rings is 9. The van der Waals surface area contributed by atoms with Gasteiger partial charge >= 0.3 is 0 Å². The molecule has 2 aliphatic rings. The molecule has 2 aromatic heterocycles. The summed E-state index contributed by atoms with van der Waals surface area (Å²) < 4.78 is 3.72. The Hall–Kier alpha value is -7.46. The third kappa shape index (κ3) is 4.58. The Morgan fingerprint density at radius 2 is 0.933 bits per heavy atom. The second-order valence-corrected chi connectivity index (χ2v) is 17.1. The van der Waals surface area contributed by atoms with Crippen molar-refractivity contribution in [1.29, 1.82) is 0 Å². The van der Waals surface area contributed by atoms with Crippen LogP contribution in [0.25, 0.3) is 71.0 Å². The van der Waals surface area contributed by atoms with Gasteiger partial charge in [-0.3, -0.25) is 0 Å². The molecule has 60 heavy (non-hydrogen) atoms. The number of thiophene rings is 1. The summed E-state index contributed by atoms with van der Waals surface area (Å²) in [6, 6.07) is 80.7. The van der Waals surface area contributed by atoms with Crippen molar-refractivity contribution >= 4 is 60.3 Å². The number of nitrogens with zero attached hydrogens (tertiary/aromatic N) is 2. The molecule has 2 aliphatic carbocycles. The van der Waals surface area contributed by atoms with Crippen molar-refractivity contribution in [2.45, 2.75) is 5.41 Å². The molecule has 0 aliphatic heterocycles. The standard InChI is InChI=1S/C57H36N2S/c1-3-15-39(16-4-1)58(40-17-5-2-6-18-40)42-32-34-51-48(36-42)55-46-22-10-14-26-54(46)60-56(55)57(51)49-23-11-7-19-43(49)47-35-38(29-33-50(47)57)37-27-30-41(31-28-37)59-52-24-12-8-20-44(52)45-21-9-13-25-53(45)59/h1-36H. The quantitative estimate of drug-likeness (QED) is 0.169. The van der Waals surface area contributed by atoms with E-state index in [0.717, 1.165) is 17.1 Å². The van der Waals surface area contributed by atoms with Crippen LogP contribution in [0.5, 0.6) is 0 Å². The van der Waals surface area contributed by atoms with Gasteiger partial charge in [0.25, 0.3) is 0 Å². The highest BCUT2D eigenvalue weighted by Gasteiger charge is 2.53. The highest BCUT2D eigenvalue weighted by atomic mass is 32.1. The maximum absolute atomic E-state index is 2.45. The molecule has 2 heterocycles. The number of fused-ring (bicyclic) bond motifs is 15. The fourth-order valence-corrected chi connectivity index (χ4v) is 12.0. The third-order valence-corrected chi connectivity index (χ3v) is 14.3. The molecule has 0 bridgehead atoms. The van der Waals surface area contributed by atoms with E-state index in [1.54, 1.807) is 0 Å². The molecule has 280 valence electrons. The first-order valence-electron chi connectivity index (χ1n) is 20.7. The average Bonchev–Trinajstić information content (AvgIpc) is 4.03. The van der Waals surface area contributed by atoms with Gasteiger partial charge in [0.2, 0.25) is 0 Å². The minimum absolute atomic E-state index is 0.429. The van der Waals surface area contributed by atoms with E-state index in [9.17, 15) is 0 Å². The van der Waals surface area contributed by atoms with Crippen LogP contribution in [0.1, 0.15) is 21.6 Å². The Labute approximate surface area is 352 Å². The Kier molecular flexibility index (Phi) is 7.13. The Morgan fingerprint density at radius 3 is 1.65 bits per heavy atom. The number of para-hydroxylation sites is 4. The lowest BCUT2D eigenvalue weighted by Crippen LogP contribution is -2.25. The molecule has 9 aromatic carbocycles. The molecule has 0 saturated carbocycles. The van der Waals surface area contributed by atoms with E-state index in [2.05, 4.69) is 228 Å². The summed E-state index contributed by atoms with van der Waals surface area (Å²) in [5, 5.41) is 3.88. The fraction of sp³-hybridized carbons (Fsp3) is 0.0175. The van der Waals surface area contributed by atoms with Crippen molar-refractivity contribution in [3.63, 3.8) is 0 Å². The predicted octanol–water partition coefficient (Wildman–Crippen LogP) is 15.5. The summed E-state index contributed by atoms with van der Waals surface area (Å²) in [6.45, 7) is 0. The first-order chi connectivity index (χ1) is 29.8. The van der Waals surface area contributed by atoms with E-state index >= 15 is 0 Å². The Morgan fingerprint density at radius 1 is 0.383 bits per heavy atom. The molecule has 1 atom stereocenters. The van der Waals surface area contributed by atoms with Crippen molar-refractivity contribution in [3.8, 4) is 39.1 Å². The molecular weight excluding hydrogens is 745 g/mol. The summed E-state index contributed by atoms with van der Waals surface area (Å²) >= 11 is 1.96. The number of hydrogen-bond donors (Lipinski definition) is 0. The van der Waals surface area contributed by atoms with Crippen LogP contribution in [0.15, 0.2) is 218 Å². The predicted molar refractivity (Wildman–Crippen MR) is 253 cm³/mol. The van der Waals surface area contributed by atoms with Gasteiger partial charge in [-0.05, 0) is 117 Å². The van der Waals surface area contributed by atoms with Gasteiger partial charge in [-0.1, -0.05) is 146 Å². The van der Waals surface area contributed by atoms with E-state index in [-0.39, 0.29) is 0 Å². The first-order valence-corrected chi connectivity index (χ1v) is 21.5. The van der Waals surface area contributed by atoms with Crippen molar-refractivity contribution in [2.75, 3.05) is 4.90 Å². The van der Waals surface area contributed by atoms with Crippen molar-refractivity contribution in [2.24, 2.45) is 0 Å². The van der Waals surface area contributed by atoms with Crippen molar-refractivity contribution in [3.05, 3.63) is 240 Å². The van der Waals surface area contributed by atoms with Gasteiger partial charge < -0.3 is 9.47 Å². The molecule has 13 rings (SSSR count). The van der Waals surface area contributed by atoms with Gasteiger partial charge in [0, 0.05) is 54.0 Å². The smallest absolute Gasteiger partial charge is 0.0819 e. The highest BCUT2D eigenvalue weighted by molar-refractivity contribution is 7.20. The summed E-state index contributed by atoms with van der Waals surface area (Å²) in [6.07, 6.45) is 0. The first kappa shape index (κ1) is 33.5. The van der Waals surface area contributed by atoms with E-state index in [4.69, 9.17) is 0 Å². The van der Waals surface area contributed by atoms with Gasteiger partial charge in [-0.15, -0.1) is 11.3 Å². The van der Waals surface area contributed by atoms with E-state index < -0.39 is 5.41 Å². The summed E-state index contributed by atoms with van der Waals surface area (Å²) in [5.74, 6) is 0. The molecule has 11 aromatic rings. The number of rotatable bonds is 5. The Bertz CT molecular complexity index is 3390. The summed E-state index contributed by atoms with van der Waals surface area (Å²) in [7, 11) is 0. The molecule has 0 fully saturated rings. The van der Waals surface area contributed by atoms with Crippen LogP contribution in [-0.2, 0) is 5.41 Å². The topological polar surface area (TPSA) is 8.17 Å². The second kappa shape index (κ2) is 12.8. The molecule has 2 nitrogen and oxygen atoms in total. The minimum Gasteiger partial charge on any atom is -0.310 e. The summed E-state index contributed by atoms with van der Waals surface area (Å²) in [5.41, 5.74) is 18.4. The average molecular weight is 781 g/mol. The Balaban J connectivity index is 0.991. The second-order valence-electron chi connectivity index (χ2n) is 16.0. The number of aromatic nitrogens is 1. The van der Waals surface area contributed by atoms with Crippen LogP contribution in [0, 0.1) is 0 Å².